The quantitative estimate of drug-likeness (QED) is 0.333. The van der Waals surface area contributed by atoms with Crippen LogP contribution in [0.1, 0.15) is 39.3 Å². The molecule has 0 fully saturated rings. The monoisotopic (exact) mass is 454 g/mol. The third kappa shape index (κ3) is 4.89. The molecule has 0 atom stereocenters. The van der Waals surface area contributed by atoms with Gasteiger partial charge in [-0.25, -0.2) is 9.97 Å². The van der Waals surface area contributed by atoms with E-state index in [-0.39, 0.29) is 35.3 Å². The highest BCUT2D eigenvalue weighted by Gasteiger charge is 2.19. The third-order valence-corrected chi connectivity index (χ3v) is 5.28. The third-order valence-electron chi connectivity index (χ3n) is 5.00. The second kappa shape index (κ2) is 10.2. The summed E-state index contributed by atoms with van der Waals surface area (Å²) in [7, 11) is 4.54. The number of carbonyl (C=O) groups excluding carboxylic acids is 2. The average molecular weight is 455 g/mol. The standard InChI is InChI=1S/C24H23ClN2O5/c1-14-11-12-26-24(25)22(14)23-20(31-3)10-6-16(27-23)18(29)8-7-17(28)15-5-9-19(30-2)21(13-15)32-4/h5-6,9-13H,7-8H2,1-4H3. The molecule has 2 aromatic heterocycles. The Kier molecular flexibility index (Phi) is 7.43. The number of hydrogen-bond acceptors (Lipinski definition) is 7. The molecule has 3 aromatic rings. The van der Waals surface area contributed by atoms with Crippen molar-refractivity contribution in [3.8, 4) is 28.5 Å². The van der Waals surface area contributed by atoms with Crippen molar-refractivity contribution in [1.29, 1.82) is 0 Å². The second-order valence-electron chi connectivity index (χ2n) is 6.96. The van der Waals surface area contributed by atoms with Crippen molar-refractivity contribution in [3.05, 3.63) is 64.6 Å². The molecule has 0 saturated carbocycles. The molecule has 0 amide bonds. The van der Waals surface area contributed by atoms with E-state index in [9.17, 15) is 9.59 Å². The number of aryl methyl sites for hydroxylation is 1. The first-order valence-corrected chi connectivity index (χ1v) is 10.2. The predicted molar refractivity (Wildman–Crippen MR) is 121 cm³/mol. The Balaban J connectivity index is 1.81. The SMILES string of the molecule is COc1ccc(C(=O)CCC(=O)c2ccc(OC)c(-c3c(C)ccnc3Cl)n2)cc1OC. The van der Waals surface area contributed by atoms with E-state index in [1.165, 1.54) is 21.3 Å². The molecule has 7 nitrogen and oxygen atoms in total. The molecule has 0 N–H and O–H groups in total. The van der Waals surface area contributed by atoms with Crippen LogP contribution < -0.4 is 14.2 Å². The number of methoxy groups -OCH3 is 3. The second-order valence-corrected chi connectivity index (χ2v) is 7.32. The highest BCUT2D eigenvalue weighted by Crippen LogP contribution is 2.35. The zero-order valence-corrected chi connectivity index (χ0v) is 19.0. The minimum absolute atomic E-state index is 0.00566. The normalized spacial score (nSPS) is 10.5. The van der Waals surface area contributed by atoms with Crippen molar-refractivity contribution in [3.63, 3.8) is 0 Å². The van der Waals surface area contributed by atoms with Crippen LogP contribution in [0.4, 0.5) is 0 Å². The van der Waals surface area contributed by atoms with Crippen molar-refractivity contribution in [2.75, 3.05) is 21.3 Å². The number of benzene rings is 1. The van der Waals surface area contributed by atoms with E-state index < -0.39 is 0 Å². The van der Waals surface area contributed by atoms with Crippen molar-refractivity contribution in [1.82, 2.24) is 9.97 Å². The van der Waals surface area contributed by atoms with Gasteiger partial charge in [-0.3, -0.25) is 9.59 Å². The van der Waals surface area contributed by atoms with E-state index in [0.29, 0.717) is 34.1 Å². The Labute approximate surface area is 191 Å². The van der Waals surface area contributed by atoms with Crippen LogP contribution in [0.5, 0.6) is 17.2 Å². The number of ketones is 2. The largest absolute Gasteiger partial charge is 0.494 e. The first kappa shape index (κ1) is 23.2. The van der Waals surface area contributed by atoms with Gasteiger partial charge in [0.1, 0.15) is 22.3 Å². The van der Waals surface area contributed by atoms with Gasteiger partial charge >= 0.3 is 0 Å². The van der Waals surface area contributed by atoms with Crippen LogP contribution in [-0.4, -0.2) is 42.9 Å². The van der Waals surface area contributed by atoms with Crippen LogP contribution in [-0.2, 0) is 0 Å². The van der Waals surface area contributed by atoms with Crippen LogP contribution >= 0.6 is 11.6 Å². The molecule has 0 bridgehead atoms. The fraction of sp³-hybridized carbons (Fsp3) is 0.250. The number of rotatable bonds is 9. The molecule has 0 saturated heterocycles. The first-order valence-electron chi connectivity index (χ1n) is 9.84. The van der Waals surface area contributed by atoms with Crippen molar-refractivity contribution < 1.29 is 23.8 Å². The zero-order chi connectivity index (χ0) is 23.3. The zero-order valence-electron chi connectivity index (χ0n) is 18.3. The number of carbonyl (C=O) groups is 2. The molecule has 3 rings (SSSR count). The molecular formula is C24H23ClN2O5. The molecule has 32 heavy (non-hydrogen) atoms. The Morgan fingerprint density at radius 1 is 0.875 bits per heavy atom. The van der Waals surface area contributed by atoms with Crippen LogP contribution in [0.2, 0.25) is 5.15 Å². The smallest absolute Gasteiger partial charge is 0.181 e. The van der Waals surface area contributed by atoms with Crippen LogP contribution in [0.15, 0.2) is 42.6 Å². The fourth-order valence-corrected chi connectivity index (χ4v) is 3.56. The number of nitrogens with zero attached hydrogens (tertiary/aromatic N) is 2. The minimum atomic E-state index is -0.264. The summed E-state index contributed by atoms with van der Waals surface area (Å²) in [5.41, 5.74) is 2.54. The molecule has 166 valence electrons. The lowest BCUT2D eigenvalue weighted by molar-refractivity contribution is 0.0915. The average Bonchev–Trinajstić information content (AvgIpc) is 2.81. The molecule has 0 aliphatic heterocycles. The maximum atomic E-state index is 12.8. The molecule has 0 spiro atoms. The van der Waals surface area contributed by atoms with Crippen LogP contribution in [0.25, 0.3) is 11.3 Å². The predicted octanol–water partition coefficient (Wildman–Crippen LogP) is 4.98. The molecule has 8 heteroatoms. The van der Waals surface area contributed by atoms with E-state index in [1.807, 2.05) is 6.92 Å². The lowest BCUT2D eigenvalue weighted by Gasteiger charge is -2.12. The summed E-state index contributed by atoms with van der Waals surface area (Å²) in [5, 5.41) is 0.268. The molecule has 0 aliphatic carbocycles. The van der Waals surface area contributed by atoms with Crippen LogP contribution in [0, 0.1) is 6.92 Å². The maximum Gasteiger partial charge on any atom is 0.181 e. The van der Waals surface area contributed by atoms with E-state index in [0.717, 1.165) is 5.56 Å². The number of hydrogen-bond donors (Lipinski definition) is 0. The number of ether oxygens (including phenoxy) is 3. The number of Topliss-reactive ketones (excluding diaryl/α,β-unsaturated/α-hetero) is 2. The summed E-state index contributed by atoms with van der Waals surface area (Å²) >= 11 is 6.29. The summed E-state index contributed by atoms with van der Waals surface area (Å²) in [6.45, 7) is 1.88. The van der Waals surface area contributed by atoms with Gasteiger partial charge in [0.25, 0.3) is 0 Å². The van der Waals surface area contributed by atoms with Gasteiger partial charge in [0, 0.05) is 30.2 Å². The fourth-order valence-electron chi connectivity index (χ4n) is 3.26. The summed E-state index contributed by atoms with van der Waals surface area (Å²) in [6, 6.07) is 9.94. The van der Waals surface area contributed by atoms with E-state index in [1.54, 1.807) is 42.6 Å². The molecule has 0 aliphatic rings. The van der Waals surface area contributed by atoms with E-state index in [4.69, 9.17) is 25.8 Å². The first-order chi connectivity index (χ1) is 15.4. The highest BCUT2D eigenvalue weighted by atomic mass is 35.5. The number of pyridine rings is 2. The van der Waals surface area contributed by atoms with Gasteiger partial charge in [0.05, 0.1) is 21.3 Å². The summed E-state index contributed by atoms with van der Waals surface area (Å²) in [5.74, 6) is 1.01. The van der Waals surface area contributed by atoms with Crippen molar-refractivity contribution >= 4 is 23.2 Å². The van der Waals surface area contributed by atoms with E-state index >= 15 is 0 Å². The lowest BCUT2D eigenvalue weighted by Crippen LogP contribution is -2.08. The van der Waals surface area contributed by atoms with Crippen molar-refractivity contribution in [2.45, 2.75) is 19.8 Å². The topological polar surface area (TPSA) is 87.6 Å². The summed E-state index contributed by atoms with van der Waals surface area (Å²) < 4.78 is 15.8. The maximum absolute atomic E-state index is 12.8. The highest BCUT2D eigenvalue weighted by molar-refractivity contribution is 6.32. The Morgan fingerprint density at radius 2 is 1.53 bits per heavy atom. The van der Waals surface area contributed by atoms with E-state index in [2.05, 4.69) is 9.97 Å². The van der Waals surface area contributed by atoms with Gasteiger partial charge in [0.2, 0.25) is 0 Å². The molecule has 2 heterocycles. The lowest BCUT2D eigenvalue weighted by atomic mass is 10.0. The Bertz CT molecular complexity index is 1140. The number of halogens is 1. The Hall–Kier alpha value is -3.45. The van der Waals surface area contributed by atoms with Gasteiger partial charge in [-0.2, -0.15) is 0 Å². The van der Waals surface area contributed by atoms with Gasteiger partial charge in [0.15, 0.2) is 23.1 Å². The van der Waals surface area contributed by atoms with Gasteiger partial charge in [-0.1, -0.05) is 11.6 Å². The van der Waals surface area contributed by atoms with Gasteiger partial charge < -0.3 is 14.2 Å². The molecule has 1 aromatic carbocycles. The molecule has 0 unspecified atom stereocenters. The molecule has 0 radical (unpaired) electrons. The van der Waals surface area contributed by atoms with Crippen molar-refractivity contribution in [2.24, 2.45) is 0 Å². The molecular weight excluding hydrogens is 432 g/mol. The minimum Gasteiger partial charge on any atom is -0.494 e. The summed E-state index contributed by atoms with van der Waals surface area (Å²) in [4.78, 5) is 34.0. The summed E-state index contributed by atoms with van der Waals surface area (Å²) in [6.07, 6.45) is 1.64. The van der Waals surface area contributed by atoms with Gasteiger partial charge in [-0.15, -0.1) is 0 Å². The Morgan fingerprint density at radius 3 is 2.19 bits per heavy atom. The number of aromatic nitrogens is 2. The van der Waals surface area contributed by atoms with Gasteiger partial charge in [-0.05, 0) is 48.9 Å². The van der Waals surface area contributed by atoms with Crippen LogP contribution in [0.3, 0.4) is 0 Å².